The Bertz CT molecular complexity index is 362. The highest BCUT2D eigenvalue weighted by Gasteiger charge is 1.97. The van der Waals surface area contributed by atoms with Gasteiger partial charge in [0, 0.05) is 17.5 Å². The van der Waals surface area contributed by atoms with Crippen LogP contribution in [-0.2, 0) is 0 Å². The zero-order valence-electron chi connectivity index (χ0n) is 6.13. The monoisotopic (exact) mass is 147 g/mol. The van der Waals surface area contributed by atoms with Crippen LogP contribution in [0.1, 0.15) is 0 Å². The third kappa shape index (κ3) is 0.963. The minimum absolute atomic E-state index is 0.701. The zero-order chi connectivity index (χ0) is 7.68. The van der Waals surface area contributed by atoms with Crippen molar-refractivity contribution >= 4 is 11.0 Å². The molecule has 2 rings (SSSR count). The van der Waals surface area contributed by atoms with Crippen molar-refractivity contribution in [1.29, 1.82) is 0 Å². The summed E-state index contributed by atoms with van der Waals surface area (Å²) in [4.78, 5) is 0. The summed E-state index contributed by atoms with van der Waals surface area (Å²) in [7, 11) is 1.61. The molecule has 0 aliphatic rings. The van der Waals surface area contributed by atoms with Crippen molar-refractivity contribution in [3.8, 4) is 5.75 Å². The smallest absolute Gasteiger partial charge is 0.137 e. The van der Waals surface area contributed by atoms with Gasteiger partial charge < -0.3 is 9.15 Å². The van der Waals surface area contributed by atoms with Gasteiger partial charge in [0.15, 0.2) is 0 Å². The molecule has 1 aromatic heterocycles. The van der Waals surface area contributed by atoms with E-state index in [2.05, 4.69) is 6.07 Å². The van der Waals surface area contributed by atoms with Crippen LogP contribution >= 0.6 is 0 Å². The summed E-state index contributed by atoms with van der Waals surface area (Å²) in [5.41, 5.74) is 0.834. The average molecular weight is 147 g/mol. The number of methoxy groups -OCH3 is 1. The van der Waals surface area contributed by atoms with Gasteiger partial charge in [0.2, 0.25) is 0 Å². The molecule has 0 amide bonds. The van der Waals surface area contributed by atoms with Crippen LogP contribution < -0.4 is 4.74 Å². The van der Waals surface area contributed by atoms with Crippen LogP contribution in [0.2, 0.25) is 0 Å². The fourth-order valence-corrected chi connectivity index (χ4v) is 0.995. The molecule has 0 fully saturated rings. The molecule has 2 heteroatoms. The lowest BCUT2D eigenvalue weighted by Gasteiger charge is -1.95. The largest absolute Gasteiger partial charge is 0.496 e. The van der Waals surface area contributed by atoms with E-state index in [-0.39, 0.29) is 0 Å². The first-order valence-electron chi connectivity index (χ1n) is 3.33. The third-order valence-corrected chi connectivity index (χ3v) is 1.58. The van der Waals surface area contributed by atoms with Crippen molar-refractivity contribution in [1.82, 2.24) is 0 Å². The van der Waals surface area contributed by atoms with E-state index in [1.165, 1.54) is 0 Å². The number of rotatable bonds is 1. The first-order valence-corrected chi connectivity index (χ1v) is 3.33. The number of hydrogen-bond donors (Lipinski definition) is 0. The predicted molar refractivity (Wildman–Crippen MR) is 41.6 cm³/mol. The molecular formula is C9H7O2. The van der Waals surface area contributed by atoms with Gasteiger partial charge in [-0.15, -0.1) is 0 Å². The summed E-state index contributed by atoms with van der Waals surface area (Å²) < 4.78 is 10.1. The van der Waals surface area contributed by atoms with Gasteiger partial charge in [-0.2, -0.15) is 0 Å². The second-order valence-electron chi connectivity index (χ2n) is 2.24. The summed E-state index contributed by atoms with van der Waals surface area (Å²) in [5.74, 6) is 0.701. The Labute approximate surface area is 64.4 Å². The molecule has 2 nitrogen and oxygen atoms in total. The fraction of sp³-hybridized carbons (Fsp3) is 0.111. The van der Waals surface area contributed by atoms with Gasteiger partial charge in [0.05, 0.1) is 13.4 Å². The minimum Gasteiger partial charge on any atom is -0.496 e. The average Bonchev–Trinajstić information content (AvgIpc) is 2.50. The molecule has 0 saturated carbocycles. The van der Waals surface area contributed by atoms with Crippen LogP contribution in [0.25, 0.3) is 11.0 Å². The second kappa shape index (κ2) is 2.31. The van der Waals surface area contributed by atoms with Crippen molar-refractivity contribution in [2.45, 2.75) is 0 Å². The molecule has 2 aromatic rings. The lowest BCUT2D eigenvalue weighted by Crippen LogP contribution is -1.80. The van der Waals surface area contributed by atoms with E-state index in [4.69, 9.17) is 9.15 Å². The van der Waals surface area contributed by atoms with Crippen molar-refractivity contribution in [2.75, 3.05) is 7.11 Å². The lowest BCUT2D eigenvalue weighted by molar-refractivity contribution is 0.413. The predicted octanol–water partition coefficient (Wildman–Crippen LogP) is 2.24. The van der Waals surface area contributed by atoms with E-state index in [9.17, 15) is 0 Å². The first-order chi connectivity index (χ1) is 5.40. The molecule has 0 saturated heterocycles. The van der Waals surface area contributed by atoms with E-state index in [0.29, 0.717) is 5.75 Å². The maximum Gasteiger partial charge on any atom is 0.137 e. The van der Waals surface area contributed by atoms with Crippen molar-refractivity contribution in [3.63, 3.8) is 0 Å². The van der Waals surface area contributed by atoms with Gasteiger partial charge in [-0.3, -0.25) is 0 Å². The molecule has 0 N–H and O–H groups in total. The zero-order valence-corrected chi connectivity index (χ0v) is 6.13. The van der Waals surface area contributed by atoms with E-state index >= 15 is 0 Å². The second-order valence-corrected chi connectivity index (χ2v) is 2.24. The van der Waals surface area contributed by atoms with E-state index < -0.39 is 0 Å². The summed E-state index contributed by atoms with van der Waals surface area (Å²) in [6.07, 6.45) is 1.65. The van der Waals surface area contributed by atoms with Crippen LogP contribution in [0.3, 0.4) is 0 Å². The number of furan rings is 1. The third-order valence-electron chi connectivity index (χ3n) is 1.58. The SMILES string of the molecule is COc1[c]cc2ccoc2c1. The van der Waals surface area contributed by atoms with Crippen molar-refractivity contribution in [3.05, 3.63) is 30.5 Å². The molecule has 1 aromatic carbocycles. The van der Waals surface area contributed by atoms with Crippen LogP contribution in [-0.4, -0.2) is 7.11 Å². The van der Waals surface area contributed by atoms with Gasteiger partial charge in [-0.25, -0.2) is 0 Å². The highest BCUT2D eigenvalue weighted by Crippen LogP contribution is 2.20. The van der Waals surface area contributed by atoms with Gasteiger partial charge >= 0.3 is 0 Å². The standard InChI is InChI=1S/C9H7O2/c1-10-8-3-2-7-4-5-11-9(7)6-8/h2,4-6H,1H3. The number of benzene rings is 1. The molecule has 0 bridgehead atoms. The molecule has 0 atom stereocenters. The molecule has 0 spiro atoms. The minimum atomic E-state index is 0.701. The summed E-state index contributed by atoms with van der Waals surface area (Å²) in [5, 5.41) is 1.05. The van der Waals surface area contributed by atoms with Gasteiger partial charge in [-0.1, -0.05) is 0 Å². The molecule has 1 radical (unpaired) electrons. The highest BCUT2D eigenvalue weighted by molar-refractivity contribution is 5.78. The molecule has 0 unspecified atom stereocenters. The topological polar surface area (TPSA) is 22.4 Å². The van der Waals surface area contributed by atoms with Crippen LogP contribution in [0.4, 0.5) is 0 Å². The van der Waals surface area contributed by atoms with Crippen LogP contribution in [0.15, 0.2) is 28.9 Å². The highest BCUT2D eigenvalue weighted by atomic mass is 16.5. The summed E-state index contributed by atoms with van der Waals surface area (Å²) >= 11 is 0. The first kappa shape index (κ1) is 6.28. The maximum absolute atomic E-state index is 5.16. The molecule has 11 heavy (non-hydrogen) atoms. The molecular weight excluding hydrogens is 140 g/mol. The Morgan fingerprint density at radius 1 is 1.55 bits per heavy atom. The Kier molecular flexibility index (Phi) is 1.32. The Balaban J connectivity index is 2.67. The normalized spacial score (nSPS) is 10.3. The van der Waals surface area contributed by atoms with Gasteiger partial charge in [0.1, 0.15) is 11.3 Å². The van der Waals surface area contributed by atoms with E-state index in [1.807, 2.05) is 18.2 Å². The van der Waals surface area contributed by atoms with Crippen LogP contribution in [0, 0.1) is 6.07 Å². The van der Waals surface area contributed by atoms with Crippen molar-refractivity contribution in [2.24, 2.45) is 0 Å². The maximum atomic E-state index is 5.16. The van der Waals surface area contributed by atoms with E-state index in [0.717, 1.165) is 11.0 Å². The Morgan fingerprint density at radius 3 is 3.27 bits per heavy atom. The number of hydrogen-bond acceptors (Lipinski definition) is 2. The summed E-state index contributed by atoms with van der Waals surface area (Å²) in [6, 6.07) is 8.52. The molecule has 55 valence electrons. The van der Waals surface area contributed by atoms with Crippen molar-refractivity contribution < 1.29 is 9.15 Å². The summed E-state index contributed by atoms with van der Waals surface area (Å²) in [6.45, 7) is 0. The molecule has 0 aliphatic carbocycles. The van der Waals surface area contributed by atoms with E-state index in [1.54, 1.807) is 13.4 Å². The van der Waals surface area contributed by atoms with Gasteiger partial charge in [-0.05, 0) is 12.1 Å². The quantitative estimate of drug-likeness (QED) is 0.617. The molecule has 0 aliphatic heterocycles. The lowest BCUT2D eigenvalue weighted by atomic mass is 10.2. The molecule has 1 heterocycles. The number of fused-ring (bicyclic) bond motifs is 1. The van der Waals surface area contributed by atoms with Crippen LogP contribution in [0.5, 0.6) is 5.75 Å². The Hall–Kier alpha value is -1.44. The number of ether oxygens (including phenoxy) is 1. The van der Waals surface area contributed by atoms with Gasteiger partial charge in [0.25, 0.3) is 0 Å². The Morgan fingerprint density at radius 2 is 2.45 bits per heavy atom. The fourth-order valence-electron chi connectivity index (χ4n) is 0.995.